The molecule has 2 aliphatic heterocycles. The van der Waals surface area contributed by atoms with E-state index in [1.54, 1.807) is 6.07 Å². The molecule has 1 aromatic rings. The predicted molar refractivity (Wildman–Crippen MR) is 86.0 cm³/mol. The number of ether oxygens (including phenoxy) is 3. The normalized spacial score (nSPS) is 20.3. The summed E-state index contributed by atoms with van der Waals surface area (Å²) in [5.74, 6) is -0.146. The molecule has 1 atom stereocenters. The largest absolute Gasteiger partial charge is 0.486 e. The van der Waals surface area contributed by atoms with Crippen molar-refractivity contribution in [1.29, 1.82) is 0 Å². The lowest BCUT2D eigenvalue weighted by Gasteiger charge is -2.24. The van der Waals surface area contributed by atoms with E-state index in [4.69, 9.17) is 14.2 Å². The number of nitrogens with zero attached hydrogens (tertiary/aromatic N) is 1. The summed E-state index contributed by atoms with van der Waals surface area (Å²) in [4.78, 5) is 23.1. The van der Waals surface area contributed by atoms with E-state index in [-0.39, 0.29) is 23.8 Å². The molecule has 3 rings (SSSR count). The first-order valence-corrected chi connectivity index (χ1v) is 9.41. The van der Waals surface area contributed by atoms with E-state index in [0.29, 0.717) is 37.6 Å². The van der Waals surface area contributed by atoms with Crippen LogP contribution in [-0.4, -0.2) is 56.9 Å². The molecule has 136 valence electrons. The first kappa shape index (κ1) is 17.7. The number of rotatable bonds is 5. The molecule has 0 N–H and O–H groups in total. The van der Waals surface area contributed by atoms with Crippen LogP contribution in [0.2, 0.25) is 0 Å². The van der Waals surface area contributed by atoms with E-state index in [0.717, 1.165) is 4.31 Å². The van der Waals surface area contributed by atoms with Crippen LogP contribution < -0.4 is 9.47 Å². The number of carbonyl (C=O) groups excluding carboxylic acids is 2. The van der Waals surface area contributed by atoms with Gasteiger partial charge in [-0.3, -0.25) is 9.59 Å². The Bertz CT molecular complexity index is 790. The highest BCUT2D eigenvalue weighted by atomic mass is 32.2. The lowest BCUT2D eigenvalue weighted by Crippen LogP contribution is -2.41. The average molecular weight is 369 g/mol. The summed E-state index contributed by atoms with van der Waals surface area (Å²) >= 11 is 0. The van der Waals surface area contributed by atoms with Crippen molar-refractivity contribution in [3.63, 3.8) is 0 Å². The SMILES string of the molecule is CC(=O)COC(=O)[C@@H]1CCCN1S(=O)(=O)c1ccc2c(c1)OCCO2. The van der Waals surface area contributed by atoms with Crippen LogP contribution in [0.4, 0.5) is 0 Å². The maximum atomic E-state index is 12.9. The second kappa shape index (κ2) is 7.01. The number of ketones is 1. The smallest absolute Gasteiger partial charge is 0.324 e. The molecule has 0 aliphatic carbocycles. The molecular weight excluding hydrogens is 350 g/mol. The topological polar surface area (TPSA) is 99.2 Å². The monoisotopic (exact) mass is 369 g/mol. The lowest BCUT2D eigenvalue weighted by molar-refractivity contribution is -0.150. The number of Topliss-reactive ketones (excluding diaryl/α,β-unsaturated/α-hetero) is 1. The zero-order valence-electron chi connectivity index (χ0n) is 13.8. The summed E-state index contributed by atoms with van der Waals surface area (Å²) in [6.07, 6.45) is 0.907. The van der Waals surface area contributed by atoms with Gasteiger partial charge in [0.25, 0.3) is 0 Å². The predicted octanol–water partition coefficient (Wildman–Crippen LogP) is 0.743. The fourth-order valence-corrected chi connectivity index (χ4v) is 4.51. The molecule has 0 saturated carbocycles. The fourth-order valence-electron chi connectivity index (χ4n) is 2.85. The van der Waals surface area contributed by atoms with Crippen molar-refractivity contribution in [2.75, 3.05) is 26.4 Å². The van der Waals surface area contributed by atoms with Crippen molar-refractivity contribution < 1.29 is 32.2 Å². The van der Waals surface area contributed by atoms with E-state index in [9.17, 15) is 18.0 Å². The molecule has 8 nitrogen and oxygen atoms in total. The van der Waals surface area contributed by atoms with Crippen molar-refractivity contribution in [2.45, 2.75) is 30.7 Å². The Kier molecular flexibility index (Phi) is 4.96. The first-order chi connectivity index (χ1) is 11.9. The van der Waals surface area contributed by atoms with Crippen LogP contribution in [0.25, 0.3) is 0 Å². The summed E-state index contributed by atoms with van der Waals surface area (Å²) in [5, 5.41) is 0. The second-order valence-corrected chi connectivity index (χ2v) is 7.78. The number of sulfonamides is 1. The Morgan fingerprint density at radius 3 is 2.68 bits per heavy atom. The molecule has 0 bridgehead atoms. The molecule has 2 aliphatic rings. The number of hydrogen-bond donors (Lipinski definition) is 0. The zero-order valence-corrected chi connectivity index (χ0v) is 14.6. The minimum Gasteiger partial charge on any atom is -0.486 e. The Balaban J connectivity index is 1.83. The second-order valence-electron chi connectivity index (χ2n) is 5.89. The third-order valence-electron chi connectivity index (χ3n) is 4.01. The molecule has 9 heteroatoms. The third-order valence-corrected chi connectivity index (χ3v) is 5.92. The highest BCUT2D eigenvalue weighted by Gasteiger charge is 2.40. The third kappa shape index (κ3) is 3.62. The molecule has 1 aromatic carbocycles. The number of carbonyl (C=O) groups is 2. The van der Waals surface area contributed by atoms with E-state index in [1.165, 1.54) is 19.1 Å². The van der Waals surface area contributed by atoms with Crippen LogP contribution in [-0.2, 0) is 24.3 Å². The van der Waals surface area contributed by atoms with Gasteiger partial charge in [-0.25, -0.2) is 8.42 Å². The Morgan fingerprint density at radius 1 is 1.24 bits per heavy atom. The maximum Gasteiger partial charge on any atom is 0.324 e. The van der Waals surface area contributed by atoms with Gasteiger partial charge in [0, 0.05) is 12.6 Å². The number of hydrogen-bond acceptors (Lipinski definition) is 7. The molecule has 2 heterocycles. The number of fused-ring (bicyclic) bond motifs is 1. The van der Waals surface area contributed by atoms with E-state index >= 15 is 0 Å². The minimum atomic E-state index is -3.89. The summed E-state index contributed by atoms with van der Waals surface area (Å²) < 4.78 is 42.7. The zero-order chi connectivity index (χ0) is 18.0. The molecular formula is C16H19NO7S. The molecule has 25 heavy (non-hydrogen) atoms. The van der Waals surface area contributed by atoms with Crippen molar-refractivity contribution in [2.24, 2.45) is 0 Å². The van der Waals surface area contributed by atoms with Crippen LogP contribution in [0, 0.1) is 0 Å². The Morgan fingerprint density at radius 2 is 1.96 bits per heavy atom. The van der Waals surface area contributed by atoms with Gasteiger partial charge in [-0.15, -0.1) is 0 Å². The summed E-state index contributed by atoms with van der Waals surface area (Å²) in [6, 6.07) is 3.46. The van der Waals surface area contributed by atoms with Crippen LogP contribution in [0.1, 0.15) is 19.8 Å². The standard InChI is InChI=1S/C16H19NO7S/c1-11(18)10-24-16(19)13-3-2-6-17(13)25(20,21)12-4-5-14-15(9-12)23-8-7-22-14/h4-5,9,13H,2-3,6-8,10H2,1H3/t13-/m0/s1. The van der Waals surface area contributed by atoms with Crippen LogP contribution in [0.3, 0.4) is 0 Å². The van der Waals surface area contributed by atoms with Gasteiger partial charge < -0.3 is 14.2 Å². The van der Waals surface area contributed by atoms with Crippen LogP contribution in [0.15, 0.2) is 23.1 Å². The van der Waals surface area contributed by atoms with Gasteiger partial charge in [0.2, 0.25) is 10.0 Å². The quantitative estimate of drug-likeness (QED) is 0.706. The Hall–Kier alpha value is -2.13. The maximum absolute atomic E-state index is 12.9. The van der Waals surface area contributed by atoms with Gasteiger partial charge in [0.05, 0.1) is 4.90 Å². The highest BCUT2D eigenvalue weighted by Crippen LogP contribution is 2.34. The molecule has 0 unspecified atom stereocenters. The summed E-state index contributed by atoms with van der Waals surface area (Å²) in [6.45, 7) is 1.92. The molecule has 0 radical (unpaired) electrons. The molecule has 0 aromatic heterocycles. The molecule has 1 fully saturated rings. The van der Waals surface area contributed by atoms with E-state index in [2.05, 4.69) is 0 Å². The van der Waals surface area contributed by atoms with Crippen LogP contribution in [0.5, 0.6) is 11.5 Å². The minimum absolute atomic E-state index is 0.0306. The summed E-state index contributed by atoms with van der Waals surface area (Å²) in [7, 11) is -3.89. The van der Waals surface area contributed by atoms with Gasteiger partial charge >= 0.3 is 5.97 Å². The molecule has 0 spiro atoms. The molecule has 0 amide bonds. The van der Waals surface area contributed by atoms with Gasteiger partial charge in [-0.05, 0) is 31.9 Å². The van der Waals surface area contributed by atoms with E-state index in [1.807, 2.05) is 0 Å². The van der Waals surface area contributed by atoms with Crippen LogP contribution >= 0.6 is 0 Å². The summed E-state index contributed by atoms with van der Waals surface area (Å²) in [5.41, 5.74) is 0. The number of esters is 1. The van der Waals surface area contributed by atoms with Crippen molar-refractivity contribution in [1.82, 2.24) is 4.31 Å². The lowest BCUT2D eigenvalue weighted by atomic mass is 10.2. The van der Waals surface area contributed by atoms with Gasteiger partial charge in [0.15, 0.2) is 17.3 Å². The van der Waals surface area contributed by atoms with Crippen molar-refractivity contribution in [3.8, 4) is 11.5 Å². The molecule has 1 saturated heterocycles. The number of benzene rings is 1. The Labute approximate surface area is 145 Å². The first-order valence-electron chi connectivity index (χ1n) is 7.97. The fraction of sp³-hybridized carbons (Fsp3) is 0.500. The van der Waals surface area contributed by atoms with Crippen molar-refractivity contribution in [3.05, 3.63) is 18.2 Å². The van der Waals surface area contributed by atoms with Gasteiger partial charge in [0.1, 0.15) is 25.9 Å². The van der Waals surface area contributed by atoms with Gasteiger partial charge in [-0.1, -0.05) is 0 Å². The van der Waals surface area contributed by atoms with Crippen molar-refractivity contribution >= 4 is 21.8 Å². The van der Waals surface area contributed by atoms with Gasteiger partial charge in [-0.2, -0.15) is 4.31 Å². The van der Waals surface area contributed by atoms with E-state index < -0.39 is 22.0 Å². The highest BCUT2D eigenvalue weighted by molar-refractivity contribution is 7.89. The average Bonchev–Trinajstić information content (AvgIpc) is 3.10.